The minimum Gasteiger partial charge on any atom is -0.464 e. The molecule has 3 heteroatoms. The zero-order valence-electron chi connectivity index (χ0n) is 8.53. The summed E-state index contributed by atoms with van der Waals surface area (Å²) in [5.41, 5.74) is 6.09. The van der Waals surface area contributed by atoms with Crippen LogP contribution in [0.3, 0.4) is 0 Å². The smallest absolute Gasteiger partial charge is 0.121 e. The molecular formula is C11H17NO2. The second-order valence-corrected chi connectivity index (χ2v) is 3.81. The molecule has 1 aromatic heterocycles. The zero-order valence-corrected chi connectivity index (χ0v) is 8.53. The number of aryl methyl sites for hydroxylation is 1. The Morgan fingerprint density at radius 2 is 2.43 bits per heavy atom. The maximum Gasteiger partial charge on any atom is 0.121 e. The second kappa shape index (κ2) is 4.15. The fraction of sp³-hybridized carbons (Fsp3) is 0.636. The van der Waals surface area contributed by atoms with Crippen molar-refractivity contribution in [2.75, 3.05) is 13.2 Å². The van der Waals surface area contributed by atoms with E-state index in [1.165, 1.54) is 0 Å². The first kappa shape index (κ1) is 9.74. The Morgan fingerprint density at radius 3 is 3.00 bits per heavy atom. The molecule has 2 N–H and O–H groups in total. The van der Waals surface area contributed by atoms with Crippen LogP contribution in [0.2, 0.25) is 0 Å². The Morgan fingerprint density at radius 1 is 1.57 bits per heavy atom. The van der Waals surface area contributed by atoms with E-state index in [9.17, 15) is 0 Å². The lowest BCUT2D eigenvalue weighted by atomic mass is 9.98. The molecule has 1 aliphatic rings. The molecule has 0 aliphatic carbocycles. The minimum atomic E-state index is -0.00204. The number of rotatable bonds is 3. The minimum absolute atomic E-state index is 0.00204. The van der Waals surface area contributed by atoms with Crippen molar-refractivity contribution in [1.82, 2.24) is 0 Å². The number of furan rings is 1. The molecule has 0 saturated carbocycles. The Hall–Kier alpha value is -0.800. The van der Waals surface area contributed by atoms with Crippen LogP contribution in [0.5, 0.6) is 0 Å². The van der Waals surface area contributed by atoms with Crippen molar-refractivity contribution in [3.05, 3.63) is 23.7 Å². The fourth-order valence-corrected chi connectivity index (χ4v) is 1.83. The summed E-state index contributed by atoms with van der Waals surface area (Å²) in [4.78, 5) is 0. The first-order valence-corrected chi connectivity index (χ1v) is 5.23. The summed E-state index contributed by atoms with van der Waals surface area (Å²) in [6.45, 7) is 3.68. The van der Waals surface area contributed by atoms with Gasteiger partial charge in [0.15, 0.2) is 0 Å². The van der Waals surface area contributed by atoms with Crippen LogP contribution in [-0.4, -0.2) is 13.2 Å². The van der Waals surface area contributed by atoms with Crippen LogP contribution in [0.1, 0.15) is 30.9 Å². The molecule has 0 radical (unpaired) electrons. The van der Waals surface area contributed by atoms with E-state index in [2.05, 4.69) is 6.92 Å². The van der Waals surface area contributed by atoms with Crippen LogP contribution < -0.4 is 5.73 Å². The van der Waals surface area contributed by atoms with Gasteiger partial charge in [-0.1, -0.05) is 6.92 Å². The van der Waals surface area contributed by atoms with Crippen LogP contribution in [0.25, 0.3) is 0 Å². The van der Waals surface area contributed by atoms with Crippen molar-refractivity contribution < 1.29 is 9.15 Å². The van der Waals surface area contributed by atoms with E-state index in [0.29, 0.717) is 5.92 Å². The molecule has 0 spiro atoms. The van der Waals surface area contributed by atoms with E-state index in [-0.39, 0.29) is 6.04 Å². The summed E-state index contributed by atoms with van der Waals surface area (Å²) in [6.07, 6.45) is 1.97. The van der Waals surface area contributed by atoms with E-state index in [0.717, 1.165) is 37.6 Å². The summed E-state index contributed by atoms with van der Waals surface area (Å²) >= 11 is 0. The lowest BCUT2D eigenvalue weighted by molar-refractivity contribution is 0.178. The van der Waals surface area contributed by atoms with Gasteiger partial charge in [-0.2, -0.15) is 0 Å². The number of hydrogen-bond donors (Lipinski definition) is 1. The third-order valence-electron chi connectivity index (χ3n) is 2.83. The third kappa shape index (κ3) is 1.83. The molecule has 1 aromatic rings. The zero-order chi connectivity index (χ0) is 9.97. The van der Waals surface area contributed by atoms with Crippen LogP contribution in [0.4, 0.5) is 0 Å². The Bertz CT molecular complexity index is 289. The van der Waals surface area contributed by atoms with Crippen LogP contribution in [-0.2, 0) is 11.2 Å². The molecule has 2 atom stereocenters. The lowest BCUT2D eigenvalue weighted by Crippen LogP contribution is -2.20. The molecule has 14 heavy (non-hydrogen) atoms. The van der Waals surface area contributed by atoms with Gasteiger partial charge in [-0.15, -0.1) is 0 Å². The lowest BCUT2D eigenvalue weighted by Gasteiger charge is -2.14. The first-order chi connectivity index (χ1) is 6.81. The standard InChI is InChI=1S/C11H17NO2/c1-2-9-3-4-10(14-9)11(12)8-5-6-13-7-8/h3-4,8,11H,2,5-7,12H2,1H3. The highest BCUT2D eigenvalue weighted by Gasteiger charge is 2.25. The normalized spacial score (nSPS) is 24.0. The average Bonchev–Trinajstić information content (AvgIpc) is 2.88. The van der Waals surface area contributed by atoms with Gasteiger partial charge in [0.05, 0.1) is 12.6 Å². The largest absolute Gasteiger partial charge is 0.464 e. The SMILES string of the molecule is CCc1ccc(C(N)C2CCOC2)o1. The summed E-state index contributed by atoms with van der Waals surface area (Å²) in [5, 5.41) is 0. The van der Waals surface area contributed by atoms with Crippen LogP contribution in [0.15, 0.2) is 16.5 Å². The van der Waals surface area contributed by atoms with Gasteiger partial charge in [0.2, 0.25) is 0 Å². The van der Waals surface area contributed by atoms with Gasteiger partial charge in [0.1, 0.15) is 11.5 Å². The summed E-state index contributed by atoms with van der Waals surface area (Å²) in [7, 11) is 0. The van der Waals surface area contributed by atoms with Crippen molar-refractivity contribution in [2.45, 2.75) is 25.8 Å². The summed E-state index contributed by atoms with van der Waals surface area (Å²) in [5.74, 6) is 2.33. The highest BCUT2D eigenvalue weighted by atomic mass is 16.5. The molecular weight excluding hydrogens is 178 g/mol. The van der Waals surface area contributed by atoms with E-state index < -0.39 is 0 Å². The highest BCUT2D eigenvalue weighted by Crippen LogP contribution is 2.27. The van der Waals surface area contributed by atoms with Crippen molar-refractivity contribution >= 4 is 0 Å². The van der Waals surface area contributed by atoms with Gasteiger partial charge in [-0.3, -0.25) is 0 Å². The van der Waals surface area contributed by atoms with Crippen molar-refractivity contribution in [3.8, 4) is 0 Å². The van der Waals surface area contributed by atoms with Crippen LogP contribution in [0, 0.1) is 5.92 Å². The molecule has 2 rings (SSSR count). The average molecular weight is 195 g/mol. The molecule has 3 nitrogen and oxygen atoms in total. The third-order valence-corrected chi connectivity index (χ3v) is 2.83. The predicted octanol–water partition coefficient (Wildman–Crippen LogP) is 1.88. The molecule has 0 bridgehead atoms. The van der Waals surface area contributed by atoms with Gasteiger partial charge < -0.3 is 14.9 Å². The van der Waals surface area contributed by atoms with Gasteiger partial charge in [0, 0.05) is 18.9 Å². The molecule has 0 amide bonds. The van der Waals surface area contributed by atoms with Crippen LogP contribution >= 0.6 is 0 Å². The summed E-state index contributed by atoms with van der Waals surface area (Å²) < 4.78 is 10.9. The van der Waals surface area contributed by atoms with E-state index >= 15 is 0 Å². The molecule has 1 aliphatic heterocycles. The van der Waals surface area contributed by atoms with Gasteiger partial charge in [-0.05, 0) is 18.6 Å². The van der Waals surface area contributed by atoms with Crippen molar-refractivity contribution in [2.24, 2.45) is 11.7 Å². The predicted molar refractivity (Wildman–Crippen MR) is 53.9 cm³/mol. The van der Waals surface area contributed by atoms with E-state index in [1.807, 2.05) is 12.1 Å². The highest BCUT2D eigenvalue weighted by molar-refractivity contribution is 5.11. The number of ether oxygens (including phenoxy) is 1. The second-order valence-electron chi connectivity index (χ2n) is 3.81. The molecule has 2 heterocycles. The summed E-state index contributed by atoms with van der Waals surface area (Å²) in [6, 6.07) is 3.99. The number of nitrogens with two attached hydrogens (primary N) is 1. The quantitative estimate of drug-likeness (QED) is 0.801. The molecule has 1 saturated heterocycles. The van der Waals surface area contributed by atoms with Gasteiger partial charge >= 0.3 is 0 Å². The molecule has 78 valence electrons. The Kier molecular flexibility index (Phi) is 2.89. The fourth-order valence-electron chi connectivity index (χ4n) is 1.83. The molecule has 1 fully saturated rings. The maximum absolute atomic E-state index is 6.09. The monoisotopic (exact) mass is 195 g/mol. The van der Waals surface area contributed by atoms with E-state index in [4.69, 9.17) is 14.9 Å². The van der Waals surface area contributed by atoms with E-state index in [1.54, 1.807) is 0 Å². The topological polar surface area (TPSA) is 48.4 Å². The van der Waals surface area contributed by atoms with Crippen molar-refractivity contribution in [1.29, 1.82) is 0 Å². The Balaban J connectivity index is 2.05. The Labute approximate surface area is 84.2 Å². The first-order valence-electron chi connectivity index (χ1n) is 5.23. The van der Waals surface area contributed by atoms with Gasteiger partial charge in [0.25, 0.3) is 0 Å². The van der Waals surface area contributed by atoms with Crippen molar-refractivity contribution in [3.63, 3.8) is 0 Å². The number of hydrogen-bond acceptors (Lipinski definition) is 3. The maximum atomic E-state index is 6.09. The van der Waals surface area contributed by atoms with Gasteiger partial charge in [-0.25, -0.2) is 0 Å². The molecule has 2 unspecified atom stereocenters. The molecule has 0 aromatic carbocycles.